The van der Waals surface area contributed by atoms with Gasteiger partial charge in [0.05, 0.1) is 25.0 Å². The minimum Gasteiger partial charge on any atom is -0.487 e. The van der Waals surface area contributed by atoms with E-state index in [1.54, 1.807) is 0 Å². The quantitative estimate of drug-likeness (QED) is 0.679. The van der Waals surface area contributed by atoms with E-state index in [4.69, 9.17) is 14.2 Å². The first-order chi connectivity index (χ1) is 15.2. The number of amides is 1. The lowest BCUT2D eigenvalue weighted by Crippen LogP contribution is -2.56. The normalized spacial score (nSPS) is 25.7. The second-order valence-electron chi connectivity index (χ2n) is 11.0. The summed E-state index contributed by atoms with van der Waals surface area (Å²) in [5.41, 5.74) is 2.70. The third kappa shape index (κ3) is 4.27. The van der Waals surface area contributed by atoms with Gasteiger partial charge in [-0.05, 0) is 62.4 Å². The molecular formula is C26H36N2O4. The molecule has 0 aliphatic carbocycles. The molecule has 1 atom stereocenters. The summed E-state index contributed by atoms with van der Waals surface area (Å²) in [5.74, 6) is 1.42. The van der Waals surface area contributed by atoms with Gasteiger partial charge in [-0.2, -0.15) is 0 Å². The van der Waals surface area contributed by atoms with Crippen molar-refractivity contribution in [2.75, 3.05) is 32.8 Å². The van der Waals surface area contributed by atoms with Crippen LogP contribution in [0.3, 0.4) is 0 Å². The number of likely N-dealkylation sites (tertiary alicyclic amines) is 1. The summed E-state index contributed by atoms with van der Waals surface area (Å²) in [5, 5.41) is 0. The van der Waals surface area contributed by atoms with Gasteiger partial charge in [-0.3, -0.25) is 9.80 Å². The van der Waals surface area contributed by atoms with Gasteiger partial charge in [-0.15, -0.1) is 0 Å². The fourth-order valence-corrected chi connectivity index (χ4v) is 5.27. The number of carbonyl (C=O) groups excluding carboxylic acids is 1. The van der Waals surface area contributed by atoms with E-state index in [2.05, 4.69) is 36.1 Å². The maximum Gasteiger partial charge on any atom is 0.414 e. The van der Waals surface area contributed by atoms with Crippen molar-refractivity contribution in [3.63, 3.8) is 0 Å². The molecule has 0 aromatic heterocycles. The lowest BCUT2D eigenvalue weighted by Gasteiger charge is -2.44. The van der Waals surface area contributed by atoms with Gasteiger partial charge in [0, 0.05) is 38.9 Å². The molecule has 1 amide bonds. The van der Waals surface area contributed by atoms with Crippen LogP contribution in [0.5, 0.6) is 5.75 Å². The Hall–Kier alpha value is -2.05. The SMILES string of the molecule is C[C@H]1CC=C(c2ccc3c(c2)CC2(CCN(C4COC4)CC2)O3)N(C(=O)OC(C)(C)C)C1. The van der Waals surface area contributed by atoms with E-state index >= 15 is 0 Å². The number of benzene rings is 1. The number of ether oxygens (including phenoxy) is 3. The van der Waals surface area contributed by atoms with E-state index in [1.165, 1.54) is 5.56 Å². The highest BCUT2D eigenvalue weighted by Crippen LogP contribution is 2.43. The molecule has 32 heavy (non-hydrogen) atoms. The van der Waals surface area contributed by atoms with Crippen molar-refractivity contribution in [1.82, 2.24) is 9.80 Å². The van der Waals surface area contributed by atoms with Gasteiger partial charge in [0.25, 0.3) is 0 Å². The number of nitrogens with zero attached hydrogens (tertiary/aromatic N) is 2. The summed E-state index contributed by atoms with van der Waals surface area (Å²) in [7, 11) is 0. The van der Waals surface area contributed by atoms with Gasteiger partial charge in [0.1, 0.15) is 17.0 Å². The third-order valence-electron chi connectivity index (χ3n) is 7.15. The highest BCUT2D eigenvalue weighted by Gasteiger charge is 2.44. The number of hydrogen-bond acceptors (Lipinski definition) is 5. The fraction of sp³-hybridized carbons (Fsp3) is 0.654. The van der Waals surface area contributed by atoms with Crippen molar-refractivity contribution in [1.29, 1.82) is 0 Å². The fourth-order valence-electron chi connectivity index (χ4n) is 5.27. The Morgan fingerprint density at radius 1 is 1.19 bits per heavy atom. The molecule has 0 N–H and O–H groups in total. The average molecular weight is 441 g/mol. The summed E-state index contributed by atoms with van der Waals surface area (Å²) < 4.78 is 17.6. The first-order valence-corrected chi connectivity index (χ1v) is 12.1. The van der Waals surface area contributed by atoms with E-state index in [9.17, 15) is 4.79 Å². The summed E-state index contributed by atoms with van der Waals surface area (Å²) in [6.45, 7) is 12.5. The van der Waals surface area contributed by atoms with Gasteiger partial charge in [-0.25, -0.2) is 4.79 Å². The van der Waals surface area contributed by atoms with Crippen molar-refractivity contribution in [2.45, 2.75) is 70.6 Å². The summed E-state index contributed by atoms with van der Waals surface area (Å²) in [4.78, 5) is 17.3. The zero-order valence-corrected chi connectivity index (χ0v) is 19.9. The topological polar surface area (TPSA) is 51.2 Å². The Bertz CT molecular complexity index is 907. The lowest BCUT2D eigenvalue weighted by atomic mass is 9.86. The van der Waals surface area contributed by atoms with Crippen LogP contribution in [0.4, 0.5) is 4.79 Å². The molecule has 0 unspecified atom stereocenters. The molecule has 2 saturated heterocycles. The second kappa shape index (κ2) is 8.07. The molecule has 5 rings (SSSR count). The Kier molecular flexibility index (Phi) is 5.49. The number of rotatable bonds is 2. The highest BCUT2D eigenvalue weighted by atomic mass is 16.6. The van der Waals surface area contributed by atoms with Gasteiger partial charge >= 0.3 is 6.09 Å². The molecule has 1 aromatic rings. The predicted molar refractivity (Wildman–Crippen MR) is 124 cm³/mol. The van der Waals surface area contributed by atoms with Gasteiger partial charge in [-0.1, -0.05) is 13.0 Å². The average Bonchev–Trinajstić information content (AvgIpc) is 3.04. The Morgan fingerprint density at radius 2 is 1.94 bits per heavy atom. The zero-order valence-electron chi connectivity index (χ0n) is 19.9. The number of piperidine rings is 1. The van der Waals surface area contributed by atoms with Crippen molar-refractivity contribution in [3.05, 3.63) is 35.4 Å². The minimum absolute atomic E-state index is 0.0810. The maximum absolute atomic E-state index is 13.0. The monoisotopic (exact) mass is 440 g/mol. The van der Waals surface area contributed by atoms with Crippen LogP contribution in [0.25, 0.3) is 5.70 Å². The zero-order chi connectivity index (χ0) is 22.5. The molecule has 4 aliphatic rings. The molecule has 2 fully saturated rings. The molecule has 4 heterocycles. The molecule has 0 saturated carbocycles. The van der Waals surface area contributed by atoms with Crippen LogP contribution in [0, 0.1) is 5.92 Å². The standard InChI is InChI=1S/C26H36N2O4/c1-18-5-7-22(28(15-18)24(29)32-25(2,3)4)19-6-8-23-20(13-19)14-26(31-23)9-11-27(12-10-26)21-16-30-17-21/h6-8,13,18,21H,5,9-12,14-17H2,1-4H3/t18-/m0/s1. The van der Waals surface area contributed by atoms with Crippen LogP contribution >= 0.6 is 0 Å². The smallest absolute Gasteiger partial charge is 0.414 e. The molecule has 1 aromatic carbocycles. The van der Waals surface area contributed by atoms with Crippen molar-refractivity contribution >= 4 is 11.8 Å². The third-order valence-corrected chi connectivity index (χ3v) is 7.15. The molecule has 6 heteroatoms. The second-order valence-corrected chi connectivity index (χ2v) is 11.0. The van der Waals surface area contributed by atoms with E-state index in [1.807, 2.05) is 25.7 Å². The number of allylic oxidation sites excluding steroid dienone is 1. The van der Waals surface area contributed by atoms with Crippen LogP contribution in [0.2, 0.25) is 0 Å². The maximum atomic E-state index is 13.0. The summed E-state index contributed by atoms with van der Waals surface area (Å²) in [6.07, 6.45) is 5.93. The summed E-state index contributed by atoms with van der Waals surface area (Å²) in [6, 6.07) is 7.02. The largest absolute Gasteiger partial charge is 0.487 e. The van der Waals surface area contributed by atoms with Crippen LogP contribution in [0.15, 0.2) is 24.3 Å². The van der Waals surface area contributed by atoms with Crippen LogP contribution < -0.4 is 4.74 Å². The molecule has 4 aliphatic heterocycles. The van der Waals surface area contributed by atoms with E-state index in [0.717, 1.165) is 69.0 Å². The van der Waals surface area contributed by atoms with Crippen LogP contribution in [-0.4, -0.2) is 66.0 Å². The van der Waals surface area contributed by atoms with Crippen molar-refractivity contribution in [2.24, 2.45) is 5.92 Å². The first kappa shape index (κ1) is 21.8. The molecule has 6 nitrogen and oxygen atoms in total. The van der Waals surface area contributed by atoms with E-state index < -0.39 is 5.60 Å². The highest BCUT2D eigenvalue weighted by molar-refractivity contribution is 5.83. The van der Waals surface area contributed by atoms with Gasteiger partial charge < -0.3 is 14.2 Å². The molecule has 174 valence electrons. The minimum atomic E-state index is -0.512. The number of fused-ring (bicyclic) bond motifs is 1. The number of carbonyl (C=O) groups is 1. The number of hydrogen-bond donors (Lipinski definition) is 0. The Morgan fingerprint density at radius 3 is 2.59 bits per heavy atom. The van der Waals surface area contributed by atoms with Gasteiger partial charge in [0.2, 0.25) is 0 Å². The van der Waals surface area contributed by atoms with Crippen LogP contribution in [-0.2, 0) is 15.9 Å². The Balaban J connectivity index is 1.32. The van der Waals surface area contributed by atoms with Gasteiger partial charge in [0.15, 0.2) is 0 Å². The first-order valence-electron chi connectivity index (χ1n) is 12.1. The lowest BCUT2D eigenvalue weighted by molar-refractivity contribution is -0.0897. The molecular weight excluding hydrogens is 404 g/mol. The molecule has 1 spiro atoms. The predicted octanol–water partition coefficient (Wildman–Crippen LogP) is 4.47. The molecule has 0 radical (unpaired) electrons. The molecule has 0 bridgehead atoms. The Labute approximate surface area is 191 Å². The van der Waals surface area contributed by atoms with Crippen molar-refractivity contribution in [3.8, 4) is 5.75 Å². The van der Waals surface area contributed by atoms with E-state index in [-0.39, 0.29) is 11.7 Å². The van der Waals surface area contributed by atoms with Crippen LogP contribution in [0.1, 0.15) is 58.1 Å². The summed E-state index contributed by atoms with van der Waals surface area (Å²) >= 11 is 0. The van der Waals surface area contributed by atoms with Crippen molar-refractivity contribution < 1.29 is 19.0 Å². The van der Waals surface area contributed by atoms with E-state index in [0.29, 0.717) is 18.5 Å².